The van der Waals surface area contributed by atoms with Crippen LogP contribution in [0.3, 0.4) is 0 Å². The molecule has 0 aliphatic rings. The van der Waals surface area contributed by atoms with E-state index in [9.17, 15) is 0 Å². The van der Waals surface area contributed by atoms with Crippen molar-refractivity contribution in [3.63, 3.8) is 0 Å². The van der Waals surface area contributed by atoms with Crippen molar-refractivity contribution in [2.24, 2.45) is 0 Å². The molecule has 0 saturated carbocycles. The van der Waals surface area contributed by atoms with Crippen molar-refractivity contribution >= 4 is 0 Å². The molecule has 2 aromatic carbocycles. The van der Waals surface area contributed by atoms with Gasteiger partial charge in [0.05, 0.1) is 0 Å². The van der Waals surface area contributed by atoms with Gasteiger partial charge in [-0.15, -0.1) is 35.4 Å². The maximum Gasteiger partial charge on any atom is 0.0160 e. The van der Waals surface area contributed by atoms with Crippen molar-refractivity contribution < 1.29 is 20.1 Å². The van der Waals surface area contributed by atoms with E-state index in [1.54, 1.807) is 0 Å². The van der Waals surface area contributed by atoms with E-state index in [0.29, 0.717) is 0 Å². The van der Waals surface area contributed by atoms with Crippen molar-refractivity contribution in [3.8, 4) is 22.4 Å². The predicted octanol–water partition coefficient (Wildman–Crippen LogP) is 4.52. The SMILES string of the molecule is Cc1ccc(-c2cc[c-]c(-c3ccccn3)c2)cc1.[Ir]. The molecule has 0 amide bonds. The minimum absolute atomic E-state index is 0. The van der Waals surface area contributed by atoms with Gasteiger partial charge in [-0.25, -0.2) is 0 Å². The molecule has 1 nitrogen and oxygen atoms in total. The van der Waals surface area contributed by atoms with Gasteiger partial charge < -0.3 is 4.98 Å². The minimum atomic E-state index is 0. The first-order chi connectivity index (χ1) is 9.33. The number of aromatic nitrogens is 1. The van der Waals surface area contributed by atoms with E-state index >= 15 is 0 Å². The number of aryl methyl sites for hydroxylation is 1. The Bertz CT molecular complexity index is 675. The van der Waals surface area contributed by atoms with E-state index in [-0.39, 0.29) is 20.1 Å². The molecule has 0 N–H and O–H groups in total. The average Bonchev–Trinajstić information content (AvgIpc) is 2.49. The summed E-state index contributed by atoms with van der Waals surface area (Å²) < 4.78 is 0. The van der Waals surface area contributed by atoms with Crippen molar-refractivity contribution in [1.29, 1.82) is 0 Å². The molecular weight excluding hydrogens is 422 g/mol. The van der Waals surface area contributed by atoms with E-state index < -0.39 is 0 Å². The monoisotopic (exact) mass is 437 g/mol. The first-order valence-electron chi connectivity index (χ1n) is 6.33. The second-order valence-electron chi connectivity index (χ2n) is 4.57. The van der Waals surface area contributed by atoms with Crippen molar-refractivity contribution in [2.75, 3.05) is 0 Å². The third kappa shape index (κ3) is 3.22. The van der Waals surface area contributed by atoms with Gasteiger partial charge in [0.15, 0.2) is 0 Å². The van der Waals surface area contributed by atoms with Gasteiger partial charge in [0.2, 0.25) is 0 Å². The van der Waals surface area contributed by atoms with Crippen LogP contribution in [0.5, 0.6) is 0 Å². The van der Waals surface area contributed by atoms with Gasteiger partial charge in [-0.2, -0.15) is 0 Å². The summed E-state index contributed by atoms with van der Waals surface area (Å²) in [7, 11) is 0. The fourth-order valence-electron chi connectivity index (χ4n) is 2.06. The van der Waals surface area contributed by atoms with Crippen LogP contribution in [0, 0.1) is 13.0 Å². The molecule has 101 valence electrons. The smallest absolute Gasteiger partial charge is 0.0160 e. The fraction of sp³-hybridized carbons (Fsp3) is 0.0556. The van der Waals surface area contributed by atoms with E-state index in [0.717, 1.165) is 11.3 Å². The summed E-state index contributed by atoms with van der Waals surface area (Å²) in [6.45, 7) is 2.10. The number of hydrogen-bond donors (Lipinski definition) is 0. The first-order valence-corrected chi connectivity index (χ1v) is 6.33. The van der Waals surface area contributed by atoms with Gasteiger partial charge in [0.1, 0.15) is 0 Å². The van der Waals surface area contributed by atoms with Crippen LogP contribution in [-0.4, -0.2) is 4.98 Å². The first kappa shape index (κ1) is 14.6. The molecule has 20 heavy (non-hydrogen) atoms. The van der Waals surface area contributed by atoms with Crippen LogP contribution in [0.2, 0.25) is 0 Å². The molecular formula is C18H14IrN-. The van der Waals surface area contributed by atoms with Crippen LogP contribution in [0.15, 0.2) is 66.9 Å². The number of benzene rings is 2. The average molecular weight is 437 g/mol. The second kappa shape index (κ2) is 6.60. The zero-order valence-corrected chi connectivity index (χ0v) is 13.5. The molecule has 0 bridgehead atoms. The minimum Gasteiger partial charge on any atom is -0.305 e. The van der Waals surface area contributed by atoms with Crippen molar-refractivity contribution in [2.45, 2.75) is 6.92 Å². The Labute approximate surface area is 133 Å². The number of pyridine rings is 1. The Morgan fingerprint density at radius 3 is 2.40 bits per heavy atom. The molecule has 0 spiro atoms. The quantitative estimate of drug-likeness (QED) is 0.539. The maximum absolute atomic E-state index is 4.37. The van der Waals surface area contributed by atoms with Crippen LogP contribution in [0.1, 0.15) is 5.56 Å². The van der Waals surface area contributed by atoms with Crippen molar-refractivity contribution in [1.82, 2.24) is 4.98 Å². The van der Waals surface area contributed by atoms with Gasteiger partial charge >= 0.3 is 0 Å². The van der Waals surface area contributed by atoms with Gasteiger partial charge in [-0.3, -0.25) is 0 Å². The van der Waals surface area contributed by atoms with E-state index in [2.05, 4.69) is 54.4 Å². The van der Waals surface area contributed by atoms with Gasteiger partial charge in [-0.1, -0.05) is 42.0 Å². The zero-order valence-electron chi connectivity index (χ0n) is 11.1. The Kier molecular flexibility index (Phi) is 4.83. The Morgan fingerprint density at radius 2 is 1.70 bits per heavy atom. The molecule has 1 radical (unpaired) electrons. The van der Waals surface area contributed by atoms with Crippen LogP contribution >= 0.6 is 0 Å². The van der Waals surface area contributed by atoms with Crippen molar-refractivity contribution in [3.05, 3.63) is 78.5 Å². The molecule has 1 heterocycles. The maximum atomic E-state index is 4.37. The topological polar surface area (TPSA) is 12.9 Å². The Hall–Kier alpha value is -1.76. The molecule has 0 saturated heterocycles. The largest absolute Gasteiger partial charge is 0.305 e. The molecule has 0 unspecified atom stereocenters. The summed E-state index contributed by atoms with van der Waals surface area (Å²) in [4.78, 5) is 4.37. The van der Waals surface area contributed by atoms with Crippen LogP contribution < -0.4 is 0 Å². The van der Waals surface area contributed by atoms with Crippen LogP contribution in [0.25, 0.3) is 22.4 Å². The number of hydrogen-bond acceptors (Lipinski definition) is 1. The van der Waals surface area contributed by atoms with Crippen LogP contribution in [-0.2, 0) is 20.1 Å². The van der Waals surface area contributed by atoms with E-state index in [1.165, 1.54) is 16.7 Å². The zero-order chi connectivity index (χ0) is 13.1. The number of rotatable bonds is 2. The number of nitrogens with zero attached hydrogens (tertiary/aromatic N) is 1. The van der Waals surface area contributed by atoms with Gasteiger partial charge in [0, 0.05) is 26.3 Å². The Morgan fingerprint density at radius 1 is 0.900 bits per heavy atom. The Balaban J connectivity index is 0.00000147. The summed E-state index contributed by atoms with van der Waals surface area (Å²) in [6.07, 6.45) is 1.81. The third-order valence-electron chi connectivity index (χ3n) is 3.13. The summed E-state index contributed by atoms with van der Waals surface area (Å²) in [5, 5.41) is 0. The van der Waals surface area contributed by atoms with E-state index in [1.807, 2.05) is 30.5 Å². The fourth-order valence-corrected chi connectivity index (χ4v) is 2.06. The predicted molar refractivity (Wildman–Crippen MR) is 78.7 cm³/mol. The second-order valence-corrected chi connectivity index (χ2v) is 4.57. The van der Waals surface area contributed by atoms with E-state index in [4.69, 9.17) is 0 Å². The normalized spacial score (nSPS) is 9.85. The molecule has 2 heteroatoms. The summed E-state index contributed by atoms with van der Waals surface area (Å²) in [6, 6.07) is 23.9. The summed E-state index contributed by atoms with van der Waals surface area (Å²) in [5.74, 6) is 0. The van der Waals surface area contributed by atoms with Crippen LogP contribution in [0.4, 0.5) is 0 Å². The van der Waals surface area contributed by atoms with Gasteiger partial charge in [-0.05, 0) is 24.2 Å². The third-order valence-corrected chi connectivity index (χ3v) is 3.13. The summed E-state index contributed by atoms with van der Waals surface area (Å²) >= 11 is 0. The molecule has 0 atom stereocenters. The van der Waals surface area contributed by atoms with Gasteiger partial charge in [0.25, 0.3) is 0 Å². The molecule has 1 aromatic heterocycles. The molecule has 0 fully saturated rings. The standard InChI is InChI=1S/C18H14N.Ir/c1-14-8-10-15(11-9-14)16-5-4-6-17(13-16)18-7-2-3-12-19-18;/h2-5,7-13H,1H3;/q-1;. The molecule has 3 rings (SSSR count). The summed E-state index contributed by atoms with van der Waals surface area (Å²) in [5.41, 5.74) is 5.67. The molecule has 3 aromatic rings. The molecule has 0 aliphatic carbocycles. The molecule has 0 aliphatic heterocycles.